The molecule has 1 unspecified atom stereocenters. The molecule has 1 aliphatic heterocycles. The topological polar surface area (TPSA) is 48.2 Å². The van der Waals surface area contributed by atoms with Gasteiger partial charge in [-0.1, -0.05) is 172 Å². The van der Waals surface area contributed by atoms with Gasteiger partial charge in [-0.15, -0.1) is 0 Å². The molecule has 0 amide bonds. The number of nitriles is 1. The number of hydrogen-bond donors (Lipinski definition) is 1. The van der Waals surface area contributed by atoms with Gasteiger partial charge in [-0.3, -0.25) is 4.99 Å². The lowest BCUT2D eigenvalue weighted by Gasteiger charge is -2.46. The molecule has 3 nitrogen and oxygen atoms in total. The lowest BCUT2D eigenvalue weighted by molar-refractivity contribution is 0.563. The van der Waals surface area contributed by atoms with Crippen molar-refractivity contribution in [2.24, 2.45) is 4.99 Å². The van der Waals surface area contributed by atoms with E-state index in [0.717, 1.165) is 28.2 Å². The Bertz CT molecular complexity index is 2660. The fourth-order valence-corrected chi connectivity index (χ4v) is 9.35. The zero-order valence-electron chi connectivity index (χ0n) is 30.2. The minimum atomic E-state index is -0.422. The first-order valence-corrected chi connectivity index (χ1v) is 18.6. The monoisotopic (exact) mass is 691 g/mol. The summed E-state index contributed by atoms with van der Waals surface area (Å²) in [7, 11) is 0. The van der Waals surface area contributed by atoms with Crippen molar-refractivity contribution >= 4 is 11.5 Å². The second-order valence-corrected chi connectivity index (χ2v) is 15.0. The summed E-state index contributed by atoms with van der Waals surface area (Å²) in [4.78, 5) is 5.21. The minimum Gasteiger partial charge on any atom is -0.340 e. The second kappa shape index (κ2) is 12.2. The van der Waals surface area contributed by atoms with Gasteiger partial charge in [0.25, 0.3) is 0 Å². The molecule has 3 aliphatic rings. The smallest absolute Gasteiger partial charge is 0.133 e. The summed E-state index contributed by atoms with van der Waals surface area (Å²) < 4.78 is 0. The van der Waals surface area contributed by atoms with Gasteiger partial charge in [0.15, 0.2) is 0 Å². The summed E-state index contributed by atoms with van der Waals surface area (Å²) in [6.07, 6.45) is 2.18. The molecular weight excluding hydrogens is 655 g/mol. The molecule has 54 heavy (non-hydrogen) atoms. The molecule has 1 heterocycles. The first kappa shape index (κ1) is 31.9. The van der Waals surface area contributed by atoms with E-state index in [0.29, 0.717) is 5.56 Å². The van der Waals surface area contributed by atoms with Crippen LogP contribution in [0.25, 0.3) is 28.0 Å². The molecule has 0 radical (unpaired) electrons. The maximum absolute atomic E-state index is 9.39. The Morgan fingerprint density at radius 3 is 1.74 bits per heavy atom. The normalized spacial score (nSPS) is 16.8. The van der Waals surface area contributed by atoms with E-state index in [4.69, 9.17) is 4.99 Å². The average Bonchev–Trinajstić information content (AvgIpc) is 3.54. The van der Waals surface area contributed by atoms with Crippen LogP contribution >= 0.6 is 0 Å². The van der Waals surface area contributed by atoms with Gasteiger partial charge in [0.2, 0.25) is 0 Å². The number of rotatable bonds is 4. The highest BCUT2D eigenvalue weighted by atomic mass is 15.0. The van der Waals surface area contributed by atoms with E-state index in [9.17, 15) is 5.26 Å². The number of nitrogens with zero attached hydrogens (tertiary/aromatic N) is 2. The predicted molar refractivity (Wildman–Crippen MR) is 219 cm³/mol. The molecule has 7 aromatic carbocycles. The Morgan fingerprint density at radius 2 is 1.07 bits per heavy atom. The van der Waals surface area contributed by atoms with Crippen molar-refractivity contribution in [3.63, 3.8) is 0 Å². The largest absolute Gasteiger partial charge is 0.340 e. The lowest BCUT2D eigenvalue weighted by Crippen LogP contribution is -2.40. The molecule has 0 fully saturated rings. The Kier molecular flexibility index (Phi) is 7.19. The van der Waals surface area contributed by atoms with Gasteiger partial charge in [0.1, 0.15) is 5.84 Å². The summed E-state index contributed by atoms with van der Waals surface area (Å²) in [5.41, 5.74) is 17.4. The number of nitrogens with one attached hydrogen (secondary N) is 1. The molecule has 0 aromatic heterocycles. The highest BCUT2D eigenvalue weighted by molar-refractivity contribution is 6.05. The highest BCUT2D eigenvalue weighted by Crippen LogP contribution is 2.63. The van der Waals surface area contributed by atoms with E-state index in [1.54, 1.807) is 0 Å². The summed E-state index contributed by atoms with van der Waals surface area (Å²) in [6, 6.07) is 63.2. The Balaban J connectivity index is 1.12. The van der Waals surface area contributed by atoms with Crippen LogP contribution in [0.2, 0.25) is 0 Å². The van der Waals surface area contributed by atoms with Crippen molar-refractivity contribution in [3.8, 4) is 28.3 Å². The first-order valence-electron chi connectivity index (χ1n) is 18.6. The van der Waals surface area contributed by atoms with Crippen LogP contribution < -0.4 is 5.32 Å². The zero-order valence-corrected chi connectivity index (χ0v) is 30.2. The molecular formula is C51H37N3. The van der Waals surface area contributed by atoms with Gasteiger partial charge >= 0.3 is 0 Å². The van der Waals surface area contributed by atoms with E-state index in [-0.39, 0.29) is 11.5 Å². The number of hydrogen-bond acceptors (Lipinski definition) is 3. The van der Waals surface area contributed by atoms with E-state index >= 15 is 0 Å². The SMILES string of the molecule is CC1(C)c2ccccc2C2(c3ccccc3-c3c(-c4ccc(C5C=C(c6ccc(C#N)cc6)NC(c6ccccc6)=N5)cc4)cccc32)c2ccccc21. The number of benzene rings is 7. The van der Waals surface area contributed by atoms with Crippen LogP contribution in [0, 0.1) is 11.3 Å². The van der Waals surface area contributed by atoms with Gasteiger partial charge in [-0.05, 0) is 85.0 Å². The molecule has 10 rings (SSSR count). The van der Waals surface area contributed by atoms with E-state index in [1.807, 2.05) is 42.5 Å². The van der Waals surface area contributed by atoms with Crippen LogP contribution in [-0.4, -0.2) is 5.84 Å². The Hall–Kier alpha value is -6.76. The summed E-state index contributed by atoms with van der Waals surface area (Å²) in [5, 5.41) is 13.0. The third-order valence-corrected chi connectivity index (χ3v) is 11.9. The molecule has 2 aliphatic carbocycles. The molecule has 3 heteroatoms. The van der Waals surface area contributed by atoms with Gasteiger partial charge in [-0.25, -0.2) is 0 Å². The maximum atomic E-state index is 9.39. The summed E-state index contributed by atoms with van der Waals surface area (Å²) in [6.45, 7) is 4.74. The van der Waals surface area contributed by atoms with Crippen molar-refractivity contribution in [3.05, 3.63) is 232 Å². The third kappa shape index (κ3) is 4.63. The van der Waals surface area contributed by atoms with Crippen molar-refractivity contribution < 1.29 is 0 Å². The van der Waals surface area contributed by atoms with E-state index in [2.05, 4.69) is 159 Å². The molecule has 1 N–H and O–H groups in total. The van der Waals surface area contributed by atoms with Crippen molar-refractivity contribution in [2.45, 2.75) is 30.7 Å². The lowest BCUT2D eigenvalue weighted by atomic mass is 9.55. The van der Waals surface area contributed by atoms with Crippen LogP contribution in [0.5, 0.6) is 0 Å². The van der Waals surface area contributed by atoms with E-state index < -0.39 is 5.41 Å². The van der Waals surface area contributed by atoms with Crippen LogP contribution in [0.3, 0.4) is 0 Å². The van der Waals surface area contributed by atoms with Crippen molar-refractivity contribution in [1.29, 1.82) is 5.26 Å². The summed E-state index contributed by atoms with van der Waals surface area (Å²) in [5.74, 6) is 0.825. The molecule has 7 aromatic rings. The molecule has 0 saturated carbocycles. The second-order valence-electron chi connectivity index (χ2n) is 15.0. The maximum Gasteiger partial charge on any atom is 0.133 e. The Labute approximate surface area is 316 Å². The molecule has 0 saturated heterocycles. The third-order valence-electron chi connectivity index (χ3n) is 11.9. The first-order chi connectivity index (χ1) is 26.5. The minimum absolute atomic E-state index is 0.129. The molecule has 256 valence electrons. The quantitative estimate of drug-likeness (QED) is 0.200. The van der Waals surface area contributed by atoms with Gasteiger partial charge in [0.05, 0.1) is 23.1 Å². The van der Waals surface area contributed by atoms with Crippen LogP contribution in [0.1, 0.15) is 75.5 Å². The number of fused-ring (bicyclic) bond motifs is 9. The van der Waals surface area contributed by atoms with Crippen LogP contribution in [0.4, 0.5) is 0 Å². The van der Waals surface area contributed by atoms with Gasteiger partial charge in [-0.2, -0.15) is 5.26 Å². The van der Waals surface area contributed by atoms with Crippen LogP contribution in [-0.2, 0) is 10.8 Å². The Morgan fingerprint density at radius 1 is 0.519 bits per heavy atom. The fourth-order valence-electron chi connectivity index (χ4n) is 9.35. The zero-order chi connectivity index (χ0) is 36.4. The molecule has 0 bridgehead atoms. The predicted octanol–water partition coefficient (Wildman–Crippen LogP) is 11.4. The van der Waals surface area contributed by atoms with E-state index in [1.165, 1.54) is 55.6 Å². The average molecular weight is 692 g/mol. The van der Waals surface area contributed by atoms with Crippen LogP contribution in [0.15, 0.2) is 181 Å². The standard InChI is InChI=1S/C51H37N3/c1-50(2)41-18-8-10-20-43(41)51(44-21-11-9-19-42(44)50)40-17-7-6-15-39(40)48-38(16-12-22-45(48)51)34-27-29-36(30-28-34)47-31-46(35-25-23-33(32-52)24-26-35)53-49(54-47)37-13-4-3-5-14-37/h3-31,47H,1-2H3,(H,53,54). The van der Waals surface area contributed by atoms with Gasteiger partial charge < -0.3 is 5.32 Å². The highest BCUT2D eigenvalue weighted by Gasteiger charge is 2.53. The number of amidine groups is 1. The molecule has 1 spiro atoms. The van der Waals surface area contributed by atoms with Gasteiger partial charge in [0, 0.05) is 16.7 Å². The van der Waals surface area contributed by atoms with Crippen molar-refractivity contribution in [1.82, 2.24) is 5.32 Å². The fraction of sp³-hybridized carbons (Fsp3) is 0.0980. The summed E-state index contributed by atoms with van der Waals surface area (Å²) >= 11 is 0. The van der Waals surface area contributed by atoms with Crippen molar-refractivity contribution in [2.75, 3.05) is 0 Å². The molecule has 1 atom stereocenters. The number of aliphatic imine (C=N–C) groups is 1.